The highest BCUT2D eigenvalue weighted by atomic mass is 16.5. The van der Waals surface area contributed by atoms with Gasteiger partial charge in [0, 0.05) is 5.56 Å². The third-order valence-electron chi connectivity index (χ3n) is 2.36. The van der Waals surface area contributed by atoms with Gasteiger partial charge in [-0.2, -0.15) is 5.10 Å². The zero-order valence-corrected chi connectivity index (χ0v) is 10.2. The molecule has 19 heavy (non-hydrogen) atoms. The molecule has 0 bridgehead atoms. The molecule has 98 valence electrons. The molecule has 0 aliphatic heterocycles. The summed E-state index contributed by atoms with van der Waals surface area (Å²) in [7, 11) is 1.45. The first-order valence-corrected chi connectivity index (χ1v) is 5.45. The van der Waals surface area contributed by atoms with E-state index >= 15 is 0 Å². The van der Waals surface area contributed by atoms with Crippen LogP contribution in [0.25, 0.3) is 0 Å². The predicted molar refractivity (Wildman–Crippen MR) is 68.4 cm³/mol. The zero-order valence-electron chi connectivity index (χ0n) is 10.2. The minimum Gasteiger partial charge on any atom is -0.504 e. The molecular weight excluding hydrogens is 248 g/mol. The molecule has 0 aliphatic rings. The van der Waals surface area contributed by atoms with Gasteiger partial charge in [0.15, 0.2) is 17.3 Å². The van der Waals surface area contributed by atoms with Gasteiger partial charge in [0.25, 0.3) is 0 Å². The number of hydrogen-bond donors (Lipinski definition) is 2. The molecule has 0 atom stereocenters. The average Bonchev–Trinajstić information content (AvgIpc) is 2.94. The molecule has 1 heterocycles. The van der Waals surface area contributed by atoms with E-state index in [0.717, 1.165) is 0 Å². The van der Waals surface area contributed by atoms with E-state index in [-0.39, 0.29) is 11.5 Å². The van der Waals surface area contributed by atoms with E-state index in [2.05, 4.69) is 10.5 Å². The molecule has 6 heteroatoms. The number of rotatable bonds is 4. The van der Waals surface area contributed by atoms with E-state index in [1.165, 1.54) is 25.7 Å². The molecule has 1 aromatic heterocycles. The number of ether oxygens (including phenoxy) is 1. The molecule has 1 amide bonds. The Morgan fingerprint density at radius 3 is 2.95 bits per heavy atom. The fraction of sp³-hybridized carbons (Fsp3) is 0.0769. The Morgan fingerprint density at radius 2 is 2.26 bits per heavy atom. The maximum absolute atomic E-state index is 11.5. The summed E-state index contributed by atoms with van der Waals surface area (Å²) in [6, 6.07) is 8.09. The summed E-state index contributed by atoms with van der Waals surface area (Å²) in [5.41, 5.74) is 2.71. The summed E-state index contributed by atoms with van der Waals surface area (Å²) in [5, 5.41) is 13.5. The molecule has 2 N–H and O–H groups in total. The summed E-state index contributed by atoms with van der Waals surface area (Å²) in [4.78, 5) is 11.5. The van der Waals surface area contributed by atoms with Crippen LogP contribution in [0.5, 0.6) is 11.5 Å². The van der Waals surface area contributed by atoms with Gasteiger partial charge >= 0.3 is 5.91 Å². The summed E-state index contributed by atoms with van der Waals surface area (Å²) in [6.45, 7) is 0. The molecule has 0 unspecified atom stereocenters. The van der Waals surface area contributed by atoms with Crippen molar-refractivity contribution in [3.8, 4) is 11.5 Å². The Morgan fingerprint density at radius 1 is 1.42 bits per heavy atom. The van der Waals surface area contributed by atoms with Gasteiger partial charge in [-0.15, -0.1) is 0 Å². The van der Waals surface area contributed by atoms with Gasteiger partial charge in [-0.05, 0) is 24.3 Å². The van der Waals surface area contributed by atoms with Crippen molar-refractivity contribution in [2.45, 2.75) is 0 Å². The molecule has 0 spiro atoms. The number of hydrogen-bond acceptors (Lipinski definition) is 5. The Balaban J connectivity index is 2.05. The molecule has 1 aromatic carbocycles. The highest BCUT2D eigenvalue weighted by Gasteiger charge is 2.07. The number of carbonyl (C=O) groups is 1. The molecule has 0 saturated heterocycles. The van der Waals surface area contributed by atoms with E-state index < -0.39 is 5.91 Å². The van der Waals surface area contributed by atoms with Crippen LogP contribution in [0, 0.1) is 0 Å². The standard InChI is InChI=1S/C13H12N2O4/c1-18-10-5-2-4-9(12(10)16)8-14-15-13(17)11-6-3-7-19-11/h2-8,16H,1H3,(H,15,17). The zero-order chi connectivity index (χ0) is 13.7. The van der Waals surface area contributed by atoms with E-state index in [9.17, 15) is 9.90 Å². The Labute approximate surface area is 109 Å². The smallest absolute Gasteiger partial charge is 0.307 e. The number of aromatic hydroxyl groups is 1. The lowest BCUT2D eigenvalue weighted by molar-refractivity contribution is 0.0927. The number of para-hydroxylation sites is 1. The summed E-state index contributed by atoms with van der Waals surface area (Å²) in [6.07, 6.45) is 2.71. The van der Waals surface area contributed by atoms with Crippen molar-refractivity contribution in [1.29, 1.82) is 0 Å². The minimum absolute atomic E-state index is 0.0407. The number of phenols is 1. The number of phenolic OH excluding ortho intramolecular Hbond substituents is 1. The van der Waals surface area contributed by atoms with E-state index in [4.69, 9.17) is 9.15 Å². The molecule has 2 rings (SSSR count). The second-order valence-electron chi connectivity index (χ2n) is 3.57. The Bertz CT molecular complexity index is 591. The number of nitrogens with one attached hydrogen (secondary N) is 1. The predicted octanol–water partition coefficient (Wildman–Crippen LogP) is 1.76. The van der Waals surface area contributed by atoms with Crippen molar-refractivity contribution in [3.05, 3.63) is 47.9 Å². The largest absolute Gasteiger partial charge is 0.504 e. The number of methoxy groups -OCH3 is 1. The molecular formula is C13H12N2O4. The van der Waals surface area contributed by atoms with E-state index in [1.807, 2.05) is 0 Å². The fourth-order valence-corrected chi connectivity index (χ4v) is 1.43. The van der Waals surface area contributed by atoms with Crippen molar-refractivity contribution in [1.82, 2.24) is 5.43 Å². The molecule has 0 aliphatic carbocycles. The van der Waals surface area contributed by atoms with Crippen molar-refractivity contribution in [2.75, 3.05) is 7.11 Å². The van der Waals surface area contributed by atoms with Gasteiger partial charge in [0.1, 0.15) is 0 Å². The van der Waals surface area contributed by atoms with Crippen LogP contribution in [0.1, 0.15) is 16.1 Å². The second-order valence-corrected chi connectivity index (χ2v) is 3.57. The van der Waals surface area contributed by atoms with Gasteiger partial charge < -0.3 is 14.3 Å². The average molecular weight is 260 g/mol. The second kappa shape index (κ2) is 5.72. The van der Waals surface area contributed by atoms with Crippen LogP contribution in [0.3, 0.4) is 0 Å². The first-order valence-electron chi connectivity index (χ1n) is 5.45. The van der Waals surface area contributed by atoms with Crippen molar-refractivity contribution in [3.63, 3.8) is 0 Å². The quantitative estimate of drug-likeness (QED) is 0.648. The topological polar surface area (TPSA) is 84.1 Å². The summed E-state index contributed by atoms with van der Waals surface area (Å²) in [5.74, 6) is -0.0158. The van der Waals surface area contributed by atoms with E-state index in [0.29, 0.717) is 11.3 Å². The van der Waals surface area contributed by atoms with Crippen LogP contribution in [0.4, 0.5) is 0 Å². The lowest BCUT2D eigenvalue weighted by Gasteiger charge is -2.04. The molecule has 6 nitrogen and oxygen atoms in total. The van der Waals surface area contributed by atoms with Crippen molar-refractivity contribution >= 4 is 12.1 Å². The first-order chi connectivity index (χ1) is 9.22. The van der Waals surface area contributed by atoms with Crippen LogP contribution in [0.15, 0.2) is 46.1 Å². The van der Waals surface area contributed by atoms with Crippen LogP contribution in [-0.4, -0.2) is 24.3 Å². The summed E-state index contributed by atoms with van der Waals surface area (Å²) >= 11 is 0. The van der Waals surface area contributed by atoms with Gasteiger partial charge in [0.2, 0.25) is 0 Å². The third kappa shape index (κ3) is 2.92. The van der Waals surface area contributed by atoms with Gasteiger partial charge in [0.05, 0.1) is 19.6 Å². The number of furan rings is 1. The highest BCUT2D eigenvalue weighted by molar-refractivity contribution is 5.92. The Kier molecular flexibility index (Phi) is 3.82. The monoisotopic (exact) mass is 260 g/mol. The first kappa shape index (κ1) is 12.7. The molecule has 0 radical (unpaired) electrons. The lowest BCUT2D eigenvalue weighted by atomic mass is 10.2. The highest BCUT2D eigenvalue weighted by Crippen LogP contribution is 2.27. The van der Waals surface area contributed by atoms with Gasteiger partial charge in [-0.25, -0.2) is 5.43 Å². The van der Waals surface area contributed by atoms with E-state index in [1.54, 1.807) is 24.3 Å². The molecule has 2 aromatic rings. The SMILES string of the molecule is COc1cccc(C=NNC(=O)c2ccco2)c1O. The van der Waals surface area contributed by atoms with Crippen LogP contribution < -0.4 is 10.2 Å². The van der Waals surface area contributed by atoms with Crippen LogP contribution >= 0.6 is 0 Å². The van der Waals surface area contributed by atoms with Crippen LogP contribution in [-0.2, 0) is 0 Å². The lowest BCUT2D eigenvalue weighted by Crippen LogP contribution is -2.16. The van der Waals surface area contributed by atoms with Crippen molar-refractivity contribution in [2.24, 2.45) is 5.10 Å². The number of nitrogens with zero attached hydrogens (tertiary/aromatic N) is 1. The molecule has 0 saturated carbocycles. The number of hydrazone groups is 1. The van der Waals surface area contributed by atoms with Crippen LogP contribution in [0.2, 0.25) is 0 Å². The van der Waals surface area contributed by atoms with Gasteiger partial charge in [-0.1, -0.05) is 6.07 Å². The number of carbonyl (C=O) groups excluding carboxylic acids is 1. The minimum atomic E-state index is -0.469. The normalized spacial score (nSPS) is 10.6. The summed E-state index contributed by atoms with van der Waals surface area (Å²) < 4.78 is 9.86. The maximum atomic E-state index is 11.5. The molecule has 0 fully saturated rings. The Hall–Kier alpha value is -2.76. The fourth-order valence-electron chi connectivity index (χ4n) is 1.43. The van der Waals surface area contributed by atoms with Gasteiger partial charge in [-0.3, -0.25) is 4.79 Å². The third-order valence-corrected chi connectivity index (χ3v) is 2.36. The number of benzene rings is 1. The maximum Gasteiger partial charge on any atom is 0.307 e. The van der Waals surface area contributed by atoms with Crippen molar-refractivity contribution < 1.29 is 19.1 Å². The number of amides is 1.